The number of nitro groups is 1. The molecule has 0 spiro atoms. The fourth-order valence-electron chi connectivity index (χ4n) is 1.65. The molecule has 2 rings (SSSR count). The number of anilines is 1. The predicted octanol–water partition coefficient (Wildman–Crippen LogP) is 5.15. The van der Waals surface area contributed by atoms with Crippen molar-refractivity contribution in [2.75, 3.05) is 5.32 Å². The van der Waals surface area contributed by atoms with Crippen molar-refractivity contribution in [3.05, 3.63) is 46.2 Å². The first-order chi connectivity index (χ1) is 9.40. The van der Waals surface area contributed by atoms with E-state index in [1.54, 1.807) is 19.2 Å². The van der Waals surface area contributed by atoms with Crippen LogP contribution in [0.25, 0.3) is 0 Å². The second-order valence-electron chi connectivity index (χ2n) is 3.90. The van der Waals surface area contributed by atoms with Crippen molar-refractivity contribution < 1.29 is 4.92 Å². The van der Waals surface area contributed by atoms with Gasteiger partial charge >= 0.3 is 0 Å². The molecule has 1 aromatic heterocycles. The van der Waals surface area contributed by atoms with Crippen molar-refractivity contribution in [2.45, 2.75) is 13.5 Å². The van der Waals surface area contributed by atoms with Crippen LogP contribution in [0, 0.1) is 17.0 Å². The van der Waals surface area contributed by atoms with Crippen LogP contribution in [-0.2, 0) is 6.54 Å². The Kier molecular flexibility index (Phi) is 5.00. The van der Waals surface area contributed by atoms with Crippen LogP contribution in [0.2, 0.25) is 4.47 Å². The largest absolute Gasteiger partial charge is 0.378 e. The highest BCUT2D eigenvalue weighted by Crippen LogP contribution is 2.40. The van der Waals surface area contributed by atoms with Crippen molar-refractivity contribution in [3.63, 3.8) is 0 Å². The summed E-state index contributed by atoms with van der Waals surface area (Å²) < 4.78 is 1.64. The molecule has 1 heterocycles. The van der Waals surface area contributed by atoms with Gasteiger partial charge in [-0.1, -0.05) is 11.6 Å². The quantitative estimate of drug-likeness (QED) is 0.526. The molecule has 2 aromatic rings. The molecule has 0 saturated heterocycles. The van der Waals surface area contributed by atoms with E-state index in [1.807, 2.05) is 0 Å². The maximum Gasteiger partial charge on any atom is 0.288 e. The lowest BCUT2D eigenvalue weighted by Gasteiger charge is -2.11. The third-order valence-electron chi connectivity index (χ3n) is 2.53. The zero-order valence-electron chi connectivity index (χ0n) is 10.1. The third kappa shape index (κ3) is 3.30. The molecule has 0 aliphatic carbocycles. The Hall–Kier alpha value is -0.700. The molecule has 0 bridgehead atoms. The molecule has 0 radical (unpaired) electrons. The number of halogens is 3. The molecular formula is C11H8Br2ClN3O2S. The molecule has 0 amide bonds. The zero-order valence-corrected chi connectivity index (χ0v) is 14.9. The van der Waals surface area contributed by atoms with Crippen LogP contribution in [0.5, 0.6) is 0 Å². The van der Waals surface area contributed by atoms with Gasteiger partial charge in [0.1, 0.15) is 4.47 Å². The number of hydrogen-bond donors (Lipinski definition) is 1. The van der Waals surface area contributed by atoms with E-state index in [0.29, 0.717) is 26.7 Å². The number of benzene rings is 1. The van der Waals surface area contributed by atoms with Gasteiger partial charge in [0, 0.05) is 21.1 Å². The van der Waals surface area contributed by atoms with Crippen LogP contribution in [-0.4, -0.2) is 9.91 Å². The maximum atomic E-state index is 11.1. The highest BCUT2D eigenvalue weighted by molar-refractivity contribution is 9.11. The number of aromatic nitrogens is 1. The minimum atomic E-state index is -0.402. The second kappa shape index (κ2) is 6.38. The smallest absolute Gasteiger partial charge is 0.288 e. The van der Waals surface area contributed by atoms with Crippen molar-refractivity contribution in [1.82, 2.24) is 4.98 Å². The Morgan fingerprint density at radius 1 is 1.55 bits per heavy atom. The third-order valence-corrected chi connectivity index (χ3v) is 5.04. The van der Waals surface area contributed by atoms with E-state index in [-0.39, 0.29) is 5.69 Å². The van der Waals surface area contributed by atoms with Gasteiger partial charge in [0.05, 0.1) is 17.2 Å². The van der Waals surface area contributed by atoms with Gasteiger partial charge in [-0.2, -0.15) is 0 Å². The van der Waals surface area contributed by atoms with Gasteiger partial charge in [0.15, 0.2) is 4.47 Å². The Labute approximate surface area is 140 Å². The molecule has 0 aliphatic rings. The average Bonchev–Trinajstić information content (AvgIpc) is 2.73. The Balaban J connectivity index is 2.31. The summed E-state index contributed by atoms with van der Waals surface area (Å²) in [5.74, 6) is 0. The van der Waals surface area contributed by atoms with Crippen LogP contribution in [0.3, 0.4) is 0 Å². The minimum Gasteiger partial charge on any atom is -0.378 e. The molecule has 9 heteroatoms. The summed E-state index contributed by atoms with van der Waals surface area (Å²) in [4.78, 5) is 15.6. The summed E-state index contributed by atoms with van der Waals surface area (Å²) >= 11 is 13.8. The van der Waals surface area contributed by atoms with Gasteiger partial charge < -0.3 is 5.32 Å². The SMILES string of the molecule is Cc1cc(Br)c(NCc2cnc(Cl)s2)c(Br)c1[N+](=O)[O-]. The second-order valence-corrected chi connectivity index (χ2v) is 7.25. The van der Waals surface area contributed by atoms with Gasteiger partial charge in [-0.05, 0) is 44.8 Å². The van der Waals surface area contributed by atoms with Crippen LogP contribution in [0.1, 0.15) is 10.4 Å². The highest BCUT2D eigenvalue weighted by atomic mass is 79.9. The summed E-state index contributed by atoms with van der Waals surface area (Å²) in [7, 11) is 0. The minimum absolute atomic E-state index is 0.0537. The molecule has 0 atom stereocenters. The van der Waals surface area contributed by atoms with E-state index in [0.717, 1.165) is 9.35 Å². The summed E-state index contributed by atoms with van der Waals surface area (Å²) in [6.07, 6.45) is 1.67. The first kappa shape index (κ1) is 15.7. The molecule has 5 nitrogen and oxygen atoms in total. The lowest BCUT2D eigenvalue weighted by atomic mass is 10.2. The molecule has 0 saturated carbocycles. The number of hydrogen-bond acceptors (Lipinski definition) is 5. The van der Waals surface area contributed by atoms with Crippen LogP contribution >= 0.6 is 54.8 Å². The Bertz CT molecular complexity index is 678. The average molecular weight is 442 g/mol. The number of rotatable bonds is 4. The highest BCUT2D eigenvalue weighted by Gasteiger charge is 2.21. The first-order valence-electron chi connectivity index (χ1n) is 5.37. The van der Waals surface area contributed by atoms with Crippen LogP contribution in [0.4, 0.5) is 11.4 Å². The molecule has 0 unspecified atom stereocenters. The number of nitrogens with one attached hydrogen (secondary N) is 1. The lowest BCUT2D eigenvalue weighted by Crippen LogP contribution is -2.02. The maximum absolute atomic E-state index is 11.1. The van der Waals surface area contributed by atoms with Gasteiger partial charge in [-0.3, -0.25) is 10.1 Å². The molecule has 0 aliphatic heterocycles. The van der Waals surface area contributed by atoms with Crippen LogP contribution < -0.4 is 5.32 Å². The van der Waals surface area contributed by atoms with E-state index >= 15 is 0 Å². The predicted molar refractivity (Wildman–Crippen MR) is 87.7 cm³/mol. The summed E-state index contributed by atoms with van der Waals surface area (Å²) in [6, 6.07) is 1.71. The zero-order chi connectivity index (χ0) is 14.9. The standard InChI is InChI=1S/C11H8Br2ClN3O2S/c1-5-2-7(12)9(8(13)10(5)17(18)19)15-3-6-4-16-11(14)20-6/h2,4,15H,3H2,1H3. The molecule has 20 heavy (non-hydrogen) atoms. The van der Waals surface area contributed by atoms with Crippen molar-refractivity contribution in [1.29, 1.82) is 0 Å². The van der Waals surface area contributed by atoms with Crippen molar-refractivity contribution in [2.24, 2.45) is 0 Å². The van der Waals surface area contributed by atoms with Gasteiger partial charge in [0.25, 0.3) is 5.69 Å². The van der Waals surface area contributed by atoms with Gasteiger partial charge in [-0.25, -0.2) is 4.98 Å². The Morgan fingerprint density at radius 3 is 2.80 bits per heavy atom. The lowest BCUT2D eigenvalue weighted by molar-refractivity contribution is -0.386. The molecule has 0 fully saturated rings. The number of nitrogens with zero attached hydrogens (tertiary/aromatic N) is 2. The van der Waals surface area contributed by atoms with Gasteiger partial charge in [-0.15, -0.1) is 11.3 Å². The number of nitro benzene ring substituents is 1. The van der Waals surface area contributed by atoms with Crippen LogP contribution in [0.15, 0.2) is 21.2 Å². The van der Waals surface area contributed by atoms with Crippen molar-refractivity contribution >= 4 is 66.2 Å². The summed E-state index contributed by atoms with van der Waals surface area (Å²) in [6.45, 7) is 2.18. The fourth-order valence-corrected chi connectivity index (χ4v) is 4.33. The summed E-state index contributed by atoms with van der Waals surface area (Å²) in [5, 5.41) is 14.2. The number of thiazole rings is 1. The topological polar surface area (TPSA) is 68.1 Å². The van der Waals surface area contributed by atoms with E-state index in [9.17, 15) is 10.1 Å². The molecular weight excluding hydrogens is 433 g/mol. The molecule has 1 N–H and O–H groups in total. The Morgan fingerprint density at radius 2 is 2.25 bits per heavy atom. The van der Waals surface area contributed by atoms with Crippen molar-refractivity contribution in [3.8, 4) is 0 Å². The van der Waals surface area contributed by atoms with E-state index in [1.165, 1.54) is 11.3 Å². The first-order valence-corrected chi connectivity index (χ1v) is 8.15. The van der Waals surface area contributed by atoms with Gasteiger partial charge in [0.2, 0.25) is 0 Å². The molecule has 1 aromatic carbocycles. The van der Waals surface area contributed by atoms with E-state index in [2.05, 4.69) is 42.2 Å². The van der Waals surface area contributed by atoms with E-state index < -0.39 is 4.92 Å². The monoisotopic (exact) mass is 439 g/mol. The van der Waals surface area contributed by atoms with E-state index in [4.69, 9.17) is 11.6 Å². The normalized spacial score (nSPS) is 10.6. The number of aryl methyl sites for hydroxylation is 1. The molecule has 106 valence electrons. The summed E-state index contributed by atoms with van der Waals surface area (Å²) in [5.41, 5.74) is 1.27. The fraction of sp³-hybridized carbons (Fsp3) is 0.182.